The zero-order valence-corrected chi connectivity index (χ0v) is 17.9. The highest BCUT2D eigenvalue weighted by Gasteiger charge is 2.19. The van der Waals surface area contributed by atoms with Crippen molar-refractivity contribution in [1.82, 2.24) is 14.8 Å². The third-order valence-corrected chi connectivity index (χ3v) is 6.01. The van der Waals surface area contributed by atoms with Crippen molar-refractivity contribution in [2.24, 2.45) is 0 Å². The van der Waals surface area contributed by atoms with Gasteiger partial charge in [0.1, 0.15) is 5.75 Å². The number of aromatic nitrogens is 3. The maximum absolute atomic E-state index is 6.18. The van der Waals surface area contributed by atoms with E-state index in [1.54, 1.807) is 23.9 Å². The molecule has 0 aliphatic rings. The number of para-hydroxylation sites is 1. The number of rotatable bonds is 7. The standard InChI is InChI=1S/C19H18Cl3N3OS/c1-3-25-18(12(2)26-17-7-5-4-6-15(17)21)23-24-19(25)27-11-13-8-9-14(20)16(22)10-13/h4-10,12H,3,11H2,1-2H3. The van der Waals surface area contributed by atoms with Crippen LogP contribution in [0.3, 0.4) is 0 Å². The molecule has 27 heavy (non-hydrogen) atoms. The van der Waals surface area contributed by atoms with E-state index in [1.807, 2.05) is 41.8 Å². The number of ether oxygens (including phenoxy) is 1. The first-order valence-corrected chi connectivity index (χ1v) is 10.5. The van der Waals surface area contributed by atoms with E-state index in [-0.39, 0.29) is 6.10 Å². The first kappa shape index (κ1) is 20.3. The van der Waals surface area contributed by atoms with Gasteiger partial charge in [0.05, 0.1) is 15.1 Å². The van der Waals surface area contributed by atoms with E-state index in [9.17, 15) is 0 Å². The van der Waals surface area contributed by atoms with Gasteiger partial charge in [-0.1, -0.05) is 64.8 Å². The van der Waals surface area contributed by atoms with Crippen LogP contribution in [-0.2, 0) is 12.3 Å². The summed E-state index contributed by atoms with van der Waals surface area (Å²) in [4.78, 5) is 0. The Bertz CT molecular complexity index is 932. The van der Waals surface area contributed by atoms with Gasteiger partial charge in [0, 0.05) is 12.3 Å². The molecule has 0 aliphatic carbocycles. The molecule has 3 aromatic rings. The Morgan fingerprint density at radius 3 is 2.52 bits per heavy atom. The fourth-order valence-corrected chi connectivity index (χ4v) is 4.02. The van der Waals surface area contributed by atoms with Gasteiger partial charge in [0.25, 0.3) is 0 Å². The van der Waals surface area contributed by atoms with Crippen molar-refractivity contribution in [3.8, 4) is 5.75 Å². The highest BCUT2D eigenvalue weighted by molar-refractivity contribution is 7.98. The molecule has 0 aliphatic heterocycles. The normalized spacial score (nSPS) is 12.2. The van der Waals surface area contributed by atoms with E-state index in [2.05, 4.69) is 17.1 Å². The van der Waals surface area contributed by atoms with Gasteiger partial charge in [-0.3, -0.25) is 0 Å². The molecule has 0 N–H and O–H groups in total. The molecule has 0 radical (unpaired) electrons. The van der Waals surface area contributed by atoms with Crippen molar-refractivity contribution in [3.63, 3.8) is 0 Å². The van der Waals surface area contributed by atoms with Crippen molar-refractivity contribution in [2.45, 2.75) is 37.4 Å². The zero-order chi connectivity index (χ0) is 19.4. The summed E-state index contributed by atoms with van der Waals surface area (Å²) in [6.45, 7) is 4.73. The van der Waals surface area contributed by atoms with Gasteiger partial charge < -0.3 is 9.30 Å². The van der Waals surface area contributed by atoms with Crippen molar-refractivity contribution in [3.05, 3.63) is 68.9 Å². The minimum atomic E-state index is -0.281. The maximum Gasteiger partial charge on any atom is 0.191 e. The van der Waals surface area contributed by atoms with Crippen molar-refractivity contribution >= 4 is 46.6 Å². The lowest BCUT2D eigenvalue weighted by Gasteiger charge is -2.16. The second-order valence-corrected chi connectivity index (χ2v) is 7.98. The Labute approximate surface area is 177 Å². The first-order chi connectivity index (χ1) is 13.0. The third kappa shape index (κ3) is 4.91. The molecule has 3 rings (SSSR count). The second kappa shape index (κ2) is 9.20. The molecule has 142 valence electrons. The van der Waals surface area contributed by atoms with E-state index in [4.69, 9.17) is 39.5 Å². The Hall–Kier alpha value is -1.40. The summed E-state index contributed by atoms with van der Waals surface area (Å²) in [6.07, 6.45) is -0.281. The summed E-state index contributed by atoms with van der Waals surface area (Å²) < 4.78 is 8.03. The average Bonchev–Trinajstić information content (AvgIpc) is 3.07. The molecule has 0 spiro atoms. The molecule has 1 atom stereocenters. The molecule has 8 heteroatoms. The van der Waals surface area contributed by atoms with Crippen molar-refractivity contribution in [2.75, 3.05) is 0 Å². The minimum absolute atomic E-state index is 0.281. The number of halogens is 3. The van der Waals surface area contributed by atoms with Crippen molar-refractivity contribution < 1.29 is 4.74 Å². The molecule has 0 saturated carbocycles. The Morgan fingerprint density at radius 1 is 1.04 bits per heavy atom. The highest BCUT2D eigenvalue weighted by atomic mass is 35.5. The number of hydrogen-bond acceptors (Lipinski definition) is 4. The van der Waals surface area contributed by atoms with Crippen LogP contribution in [0.15, 0.2) is 47.6 Å². The molecule has 2 aromatic carbocycles. The maximum atomic E-state index is 6.18. The van der Waals surface area contributed by atoms with Crippen LogP contribution in [0.25, 0.3) is 0 Å². The van der Waals surface area contributed by atoms with E-state index in [1.165, 1.54) is 0 Å². The molecule has 1 heterocycles. The van der Waals surface area contributed by atoms with Crippen molar-refractivity contribution in [1.29, 1.82) is 0 Å². The molecule has 0 bridgehead atoms. The molecule has 0 fully saturated rings. The van der Waals surface area contributed by atoms with Gasteiger partial charge in [-0.15, -0.1) is 10.2 Å². The van der Waals surface area contributed by atoms with Crippen LogP contribution in [0.2, 0.25) is 15.1 Å². The number of benzene rings is 2. The topological polar surface area (TPSA) is 39.9 Å². The largest absolute Gasteiger partial charge is 0.481 e. The average molecular weight is 443 g/mol. The van der Waals surface area contributed by atoms with Gasteiger partial charge in [-0.25, -0.2) is 0 Å². The number of nitrogens with zero attached hydrogens (tertiary/aromatic N) is 3. The summed E-state index contributed by atoms with van der Waals surface area (Å²) >= 11 is 19.8. The second-order valence-electron chi connectivity index (χ2n) is 5.81. The van der Waals surface area contributed by atoms with E-state index >= 15 is 0 Å². The predicted molar refractivity (Wildman–Crippen MR) is 112 cm³/mol. The Kier molecular flexibility index (Phi) is 6.93. The Balaban J connectivity index is 1.74. The summed E-state index contributed by atoms with van der Waals surface area (Å²) in [7, 11) is 0. The SMILES string of the molecule is CCn1c(SCc2ccc(Cl)c(Cl)c2)nnc1C(C)Oc1ccccc1Cl. The lowest BCUT2D eigenvalue weighted by Crippen LogP contribution is -2.12. The summed E-state index contributed by atoms with van der Waals surface area (Å²) in [6, 6.07) is 13.0. The van der Waals surface area contributed by atoms with E-state index < -0.39 is 0 Å². The fourth-order valence-electron chi connectivity index (χ4n) is 2.57. The Morgan fingerprint density at radius 2 is 1.81 bits per heavy atom. The molecule has 0 saturated heterocycles. The number of hydrogen-bond donors (Lipinski definition) is 0. The summed E-state index contributed by atoms with van der Waals surface area (Å²) in [5.41, 5.74) is 1.07. The minimum Gasteiger partial charge on any atom is -0.481 e. The van der Waals surface area contributed by atoms with E-state index in [0.717, 1.165) is 28.8 Å². The smallest absolute Gasteiger partial charge is 0.191 e. The molecule has 1 aromatic heterocycles. The van der Waals surface area contributed by atoms with Crippen LogP contribution in [0, 0.1) is 0 Å². The van der Waals surface area contributed by atoms with Gasteiger partial charge >= 0.3 is 0 Å². The third-order valence-electron chi connectivity index (χ3n) is 3.92. The lowest BCUT2D eigenvalue weighted by molar-refractivity contribution is 0.210. The number of thioether (sulfide) groups is 1. The predicted octanol–water partition coefficient (Wildman–Crippen LogP) is 6.69. The quantitative estimate of drug-likeness (QED) is 0.382. The van der Waals surface area contributed by atoms with Crippen LogP contribution >= 0.6 is 46.6 Å². The fraction of sp³-hybridized carbons (Fsp3) is 0.263. The molecular weight excluding hydrogens is 425 g/mol. The molecular formula is C19H18Cl3N3OS. The lowest BCUT2D eigenvalue weighted by atomic mass is 10.2. The van der Waals surface area contributed by atoms with E-state index in [0.29, 0.717) is 20.8 Å². The molecule has 0 amide bonds. The zero-order valence-electron chi connectivity index (χ0n) is 14.8. The van der Waals surface area contributed by atoms with Gasteiger partial charge in [0.2, 0.25) is 0 Å². The van der Waals surface area contributed by atoms with Gasteiger partial charge in [0.15, 0.2) is 17.1 Å². The monoisotopic (exact) mass is 441 g/mol. The van der Waals surface area contributed by atoms with Crippen LogP contribution in [0.5, 0.6) is 5.75 Å². The highest BCUT2D eigenvalue weighted by Crippen LogP contribution is 2.31. The first-order valence-electron chi connectivity index (χ1n) is 8.40. The summed E-state index contributed by atoms with van der Waals surface area (Å²) in [5.74, 6) is 2.10. The molecule has 4 nitrogen and oxygen atoms in total. The van der Waals surface area contributed by atoms with Gasteiger partial charge in [-0.2, -0.15) is 0 Å². The van der Waals surface area contributed by atoms with Gasteiger partial charge in [-0.05, 0) is 43.7 Å². The van der Waals surface area contributed by atoms with Crippen LogP contribution in [-0.4, -0.2) is 14.8 Å². The van der Waals surface area contributed by atoms with Crippen LogP contribution < -0.4 is 4.74 Å². The summed E-state index contributed by atoms with van der Waals surface area (Å²) in [5, 5.41) is 11.2. The molecule has 1 unspecified atom stereocenters. The van der Waals surface area contributed by atoms with Crippen LogP contribution in [0.4, 0.5) is 0 Å². The van der Waals surface area contributed by atoms with Crippen LogP contribution in [0.1, 0.15) is 31.3 Å².